The van der Waals surface area contributed by atoms with Gasteiger partial charge < -0.3 is 20.8 Å². The molecule has 0 aliphatic carbocycles. The van der Waals surface area contributed by atoms with Gasteiger partial charge >= 0.3 is 18.0 Å². The lowest BCUT2D eigenvalue weighted by atomic mass is 9.85. The first kappa shape index (κ1) is 25.8. The number of hydrogen-bond donors (Lipinski definition) is 4. The minimum Gasteiger partial charge on any atom is -0.481 e. The highest BCUT2D eigenvalue weighted by Crippen LogP contribution is 2.39. The van der Waals surface area contributed by atoms with E-state index in [9.17, 15) is 22.8 Å². The highest BCUT2D eigenvalue weighted by Gasteiger charge is 2.32. The Balaban J connectivity index is 1.83. The van der Waals surface area contributed by atoms with Crippen LogP contribution in [0, 0.1) is 0 Å². The van der Waals surface area contributed by atoms with Gasteiger partial charge in [0.15, 0.2) is 0 Å². The molecule has 0 bridgehead atoms. The molecule has 2 unspecified atom stereocenters. The Morgan fingerprint density at radius 3 is 2.35 bits per heavy atom. The van der Waals surface area contributed by atoms with Gasteiger partial charge in [-0.05, 0) is 41.0 Å². The van der Waals surface area contributed by atoms with Crippen LogP contribution in [0.25, 0.3) is 0 Å². The third kappa shape index (κ3) is 6.17. The van der Waals surface area contributed by atoms with Crippen LogP contribution in [0.4, 0.5) is 10.5 Å². The van der Waals surface area contributed by atoms with Crippen LogP contribution in [0.5, 0.6) is 0 Å². The van der Waals surface area contributed by atoms with Crippen molar-refractivity contribution in [1.29, 1.82) is 0 Å². The number of amides is 2. The number of benzene rings is 2. The number of aliphatic carboxylic acids is 2. The average molecular weight is 530 g/mol. The molecule has 2 amide bonds. The Labute approximate surface area is 205 Å². The van der Waals surface area contributed by atoms with Gasteiger partial charge in [-0.3, -0.25) is 4.79 Å². The monoisotopic (exact) mass is 529 g/mol. The normalized spacial score (nSPS) is 16.9. The van der Waals surface area contributed by atoms with Gasteiger partial charge in [0.05, 0.1) is 12.7 Å². The van der Waals surface area contributed by atoms with E-state index in [0.717, 1.165) is 17.4 Å². The predicted molar refractivity (Wildman–Crippen MR) is 126 cm³/mol. The van der Waals surface area contributed by atoms with Crippen LogP contribution in [-0.4, -0.2) is 59.7 Å². The molecule has 10 nitrogen and oxygen atoms in total. The van der Waals surface area contributed by atoms with Crippen LogP contribution in [0.1, 0.15) is 29.0 Å². The molecule has 0 aromatic heterocycles. The van der Waals surface area contributed by atoms with Gasteiger partial charge in [0.1, 0.15) is 6.04 Å². The summed E-state index contributed by atoms with van der Waals surface area (Å²) in [6.07, 6.45) is 0.351. The van der Waals surface area contributed by atoms with Gasteiger partial charge in [-0.1, -0.05) is 35.3 Å². The van der Waals surface area contributed by atoms with Crippen molar-refractivity contribution in [2.75, 3.05) is 18.1 Å². The number of rotatable bonds is 7. The molecular weight excluding hydrogens is 509 g/mol. The Bertz CT molecular complexity index is 1240. The number of urea groups is 1. The molecule has 4 N–H and O–H groups in total. The zero-order valence-electron chi connectivity index (χ0n) is 17.8. The van der Waals surface area contributed by atoms with Crippen LogP contribution in [0.2, 0.25) is 10.0 Å². The van der Waals surface area contributed by atoms with Crippen molar-refractivity contribution in [1.82, 2.24) is 9.62 Å². The Kier molecular flexibility index (Phi) is 7.71. The minimum atomic E-state index is -3.50. The van der Waals surface area contributed by atoms with E-state index < -0.39 is 40.5 Å². The van der Waals surface area contributed by atoms with Crippen LogP contribution >= 0.6 is 23.2 Å². The minimum absolute atomic E-state index is 0.127. The number of fused-ring (bicyclic) bond motifs is 1. The molecule has 1 heterocycles. The maximum atomic E-state index is 12.3. The summed E-state index contributed by atoms with van der Waals surface area (Å²) in [5, 5.41) is 23.1. The number of carbonyl (C=O) groups is 3. The number of nitrogens with one attached hydrogen (secondary N) is 2. The predicted octanol–water partition coefficient (Wildman–Crippen LogP) is 2.95. The van der Waals surface area contributed by atoms with Crippen molar-refractivity contribution in [2.24, 2.45) is 0 Å². The smallest absolute Gasteiger partial charge is 0.326 e. The lowest BCUT2D eigenvalue weighted by Gasteiger charge is -2.34. The summed E-state index contributed by atoms with van der Waals surface area (Å²) in [4.78, 5) is 34.0. The molecule has 1 aliphatic rings. The topological polar surface area (TPSA) is 153 Å². The van der Waals surface area contributed by atoms with E-state index in [0.29, 0.717) is 21.3 Å². The van der Waals surface area contributed by atoms with Gasteiger partial charge in [0.25, 0.3) is 0 Å². The number of sulfonamides is 1. The standard InChI is InChI=1S/C21H21Cl2N3O7S/c1-34(32,33)26-9-15(14-6-12(22)7-17(23)16(14)10-26)11-2-4-13(5-3-11)24-21(31)25-18(20(29)30)8-19(27)28/h2-7,15,18H,8-10H2,1H3,(H,27,28)(H,29,30)(H2,24,25,31). The van der Waals surface area contributed by atoms with Gasteiger partial charge in [0, 0.05) is 34.7 Å². The van der Waals surface area contributed by atoms with E-state index >= 15 is 0 Å². The molecule has 0 radical (unpaired) electrons. The fraction of sp³-hybridized carbons (Fsp3) is 0.286. The number of carboxylic acids is 2. The lowest BCUT2D eigenvalue weighted by molar-refractivity contribution is -0.145. The molecule has 1 aliphatic heterocycles. The molecular formula is C21H21Cl2N3O7S. The quantitative estimate of drug-likeness (QED) is 0.429. The number of nitrogens with zero attached hydrogens (tertiary/aromatic N) is 1. The first-order chi connectivity index (χ1) is 15.8. The highest BCUT2D eigenvalue weighted by molar-refractivity contribution is 7.88. The fourth-order valence-electron chi connectivity index (χ4n) is 3.68. The van der Waals surface area contributed by atoms with Crippen molar-refractivity contribution in [3.63, 3.8) is 0 Å². The van der Waals surface area contributed by atoms with Crippen molar-refractivity contribution in [3.05, 3.63) is 63.1 Å². The summed E-state index contributed by atoms with van der Waals surface area (Å²) >= 11 is 12.5. The van der Waals surface area contributed by atoms with Crippen molar-refractivity contribution in [2.45, 2.75) is 24.9 Å². The summed E-state index contributed by atoms with van der Waals surface area (Å²) in [7, 11) is -3.50. The van der Waals surface area contributed by atoms with Crippen LogP contribution in [-0.2, 0) is 26.2 Å². The number of anilines is 1. The van der Waals surface area contributed by atoms with Gasteiger partial charge in [0.2, 0.25) is 10.0 Å². The SMILES string of the molecule is CS(=O)(=O)N1Cc2c(Cl)cc(Cl)cc2C(c2ccc(NC(=O)NC(CC(=O)O)C(=O)O)cc2)C1. The zero-order chi connectivity index (χ0) is 25.2. The second-order valence-electron chi connectivity index (χ2n) is 7.77. The Morgan fingerprint density at radius 1 is 1.15 bits per heavy atom. The largest absolute Gasteiger partial charge is 0.481 e. The fourth-order valence-corrected chi connectivity index (χ4v) is 5.03. The van der Waals surface area contributed by atoms with E-state index in [2.05, 4.69) is 10.6 Å². The number of carbonyl (C=O) groups excluding carboxylic acids is 1. The van der Waals surface area contributed by atoms with Gasteiger partial charge in [-0.25, -0.2) is 18.0 Å². The first-order valence-corrected chi connectivity index (χ1v) is 12.5. The molecule has 3 rings (SSSR count). The molecule has 13 heteroatoms. The van der Waals surface area contributed by atoms with Gasteiger partial charge in [-0.15, -0.1) is 0 Å². The maximum Gasteiger partial charge on any atom is 0.326 e. The van der Waals surface area contributed by atoms with Crippen LogP contribution < -0.4 is 10.6 Å². The molecule has 2 aromatic carbocycles. The number of halogens is 2. The molecule has 34 heavy (non-hydrogen) atoms. The maximum absolute atomic E-state index is 12.3. The first-order valence-electron chi connectivity index (χ1n) is 9.90. The second kappa shape index (κ2) is 10.2. The van der Waals surface area contributed by atoms with Crippen LogP contribution in [0.3, 0.4) is 0 Å². The summed E-state index contributed by atoms with van der Waals surface area (Å²) < 4.78 is 25.8. The third-order valence-electron chi connectivity index (χ3n) is 5.31. The Hall–Kier alpha value is -2.86. The lowest BCUT2D eigenvalue weighted by Crippen LogP contribution is -2.44. The molecule has 182 valence electrons. The average Bonchev–Trinajstić information content (AvgIpc) is 2.72. The van der Waals surface area contributed by atoms with Crippen molar-refractivity contribution < 1.29 is 33.0 Å². The van der Waals surface area contributed by atoms with E-state index in [1.54, 1.807) is 36.4 Å². The number of carboxylic acid groups (broad SMARTS) is 2. The molecule has 2 aromatic rings. The second-order valence-corrected chi connectivity index (χ2v) is 10.6. The summed E-state index contributed by atoms with van der Waals surface area (Å²) in [5.74, 6) is -3.21. The molecule has 2 atom stereocenters. The van der Waals surface area contributed by atoms with E-state index in [1.165, 1.54) is 4.31 Å². The third-order valence-corrected chi connectivity index (χ3v) is 7.08. The molecule has 0 fully saturated rings. The van der Waals surface area contributed by atoms with Crippen molar-refractivity contribution >= 4 is 56.9 Å². The van der Waals surface area contributed by atoms with E-state index in [4.69, 9.17) is 33.4 Å². The Morgan fingerprint density at radius 2 is 1.79 bits per heavy atom. The molecule has 0 saturated carbocycles. The van der Waals surface area contributed by atoms with Crippen LogP contribution in [0.15, 0.2) is 36.4 Å². The molecule has 0 saturated heterocycles. The van der Waals surface area contributed by atoms with Crippen molar-refractivity contribution in [3.8, 4) is 0 Å². The summed E-state index contributed by atoms with van der Waals surface area (Å²) in [6.45, 7) is 0.298. The highest BCUT2D eigenvalue weighted by atomic mass is 35.5. The molecule has 0 spiro atoms. The van der Waals surface area contributed by atoms with E-state index in [-0.39, 0.29) is 19.0 Å². The zero-order valence-corrected chi connectivity index (χ0v) is 20.1. The van der Waals surface area contributed by atoms with E-state index in [1.807, 2.05) is 0 Å². The van der Waals surface area contributed by atoms with Gasteiger partial charge in [-0.2, -0.15) is 4.31 Å². The summed E-state index contributed by atoms with van der Waals surface area (Å²) in [5.41, 5.74) is 2.52. The number of hydrogen-bond acceptors (Lipinski definition) is 5. The summed E-state index contributed by atoms with van der Waals surface area (Å²) in [6, 6.07) is 7.35.